The van der Waals surface area contributed by atoms with E-state index < -0.39 is 12.2 Å². The lowest BCUT2D eigenvalue weighted by Gasteiger charge is -2.41. The molecule has 3 saturated heterocycles. The smallest absolute Gasteiger partial charge is 0.410 e. The van der Waals surface area contributed by atoms with Gasteiger partial charge in [0.05, 0.1) is 0 Å². The maximum absolute atomic E-state index is 14.0. The molecule has 0 spiro atoms. The number of nitrogens with two attached hydrogens (primary N) is 1. The number of nitrogens with one attached hydrogen (secondary N) is 1. The monoisotopic (exact) mass is 648 g/mol. The van der Waals surface area contributed by atoms with E-state index in [1.54, 1.807) is 4.90 Å². The second-order valence-electron chi connectivity index (χ2n) is 13.1. The highest BCUT2D eigenvalue weighted by Crippen LogP contribution is 2.24. The lowest BCUT2D eigenvalue weighted by atomic mass is 9.99. The number of nitrogens with zero attached hydrogens (tertiary/aromatic N) is 4. The number of amides is 3. The van der Waals surface area contributed by atoms with Crippen molar-refractivity contribution in [2.45, 2.75) is 70.6 Å². The molecular weight excluding hydrogens is 596 g/mol. The Hall–Kier alpha value is -3.83. The van der Waals surface area contributed by atoms with Crippen molar-refractivity contribution in [2.75, 3.05) is 77.1 Å². The first-order valence-electron chi connectivity index (χ1n) is 17.2. The molecule has 1 atom stereocenters. The Morgan fingerprint density at radius 1 is 1.00 bits per heavy atom. The molecule has 3 fully saturated rings. The Balaban J connectivity index is 1.20. The van der Waals surface area contributed by atoms with Crippen LogP contribution in [0.1, 0.15) is 47.9 Å². The third-order valence-electron chi connectivity index (χ3n) is 10.2. The number of piperazine rings is 1. The van der Waals surface area contributed by atoms with Gasteiger partial charge in [0.2, 0.25) is 6.41 Å². The molecule has 0 unspecified atom stereocenters. The number of para-hydroxylation sites is 1. The van der Waals surface area contributed by atoms with Crippen LogP contribution in [0.15, 0.2) is 36.4 Å². The largest absolute Gasteiger partial charge is 0.436 e. The fourth-order valence-electron chi connectivity index (χ4n) is 7.27. The summed E-state index contributed by atoms with van der Waals surface area (Å²) in [4.78, 5) is 47.5. The quantitative estimate of drug-likeness (QED) is 0.281. The highest BCUT2D eigenvalue weighted by Gasteiger charge is 2.35. The first-order chi connectivity index (χ1) is 22.8. The summed E-state index contributed by atoms with van der Waals surface area (Å²) in [5.41, 5.74) is 12.0. The Bertz CT molecular complexity index is 1340. The maximum Gasteiger partial charge on any atom is 0.410 e. The summed E-state index contributed by atoms with van der Waals surface area (Å²) in [7, 11) is 1.90. The van der Waals surface area contributed by atoms with Crippen molar-refractivity contribution in [3.63, 3.8) is 0 Å². The first-order valence-corrected chi connectivity index (χ1v) is 17.2. The molecule has 256 valence electrons. The highest BCUT2D eigenvalue weighted by atomic mass is 16.6. The number of anilines is 2. The van der Waals surface area contributed by atoms with E-state index in [-0.39, 0.29) is 18.4 Å². The minimum absolute atomic E-state index is 0.0449. The van der Waals surface area contributed by atoms with E-state index in [1.807, 2.05) is 61.0 Å². The van der Waals surface area contributed by atoms with Crippen LogP contribution < -0.4 is 11.1 Å². The Kier molecular flexibility index (Phi) is 12.0. The molecule has 0 saturated carbocycles. The topological polar surface area (TPSA) is 121 Å². The van der Waals surface area contributed by atoms with Gasteiger partial charge in [-0.1, -0.05) is 30.3 Å². The summed E-state index contributed by atoms with van der Waals surface area (Å²) in [6, 6.07) is 12.6. The Morgan fingerprint density at radius 2 is 1.66 bits per heavy atom. The van der Waals surface area contributed by atoms with E-state index in [0.29, 0.717) is 51.6 Å². The number of rotatable bonds is 11. The number of carbonyl (C=O) groups excluding carboxylic acids is 3. The molecule has 3 N–H and O–H groups in total. The number of benzene rings is 2. The van der Waals surface area contributed by atoms with E-state index in [9.17, 15) is 14.4 Å². The van der Waals surface area contributed by atoms with Gasteiger partial charge in [0.1, 0.15) is 0 Å². The van der Waals surface area contributed by atoms with Gasteiger partial charge in [-0.15, -0.1) is 0 Å². The van der Waals surface area contributed by atoms with Crippen LogP contribution in [0.5, 0.6) is 0 Å². The molecule has 11 nitrogen and oxygen atoms in total. The Labute approximate surface area is 279 Å². The number of piperidine rings is 1. The molecule has 2 aromatic carbocycles. The lowest BCUT2D eigenvalue weighted by Crippen LogP contribution is -2.56. The first kappa shape index (κ1) is 34.5. The van der Waals surface area contributed by atoms with Crippen molar-refractivity contribution in [1.82, 2.24) is 19.6 Å². The van der Waals surface area contributed by atoms with Crippen LogP contribution in [0.2, 0.25) is 0 Å². The zero-order chi connectivity index (χ0) is 33.3. The van der Waals surface area contributed by atoms with Crippen LogP contribution in [0.4, 0.5) is 16.2 Å². The van der Waals surface area contributed by atoms with Crippen LogP contribution in [0.3, 0.4) is 0 Å². The normalized spacial score (nSPS) is 18.9. The van der Waals surface area contributed by atoms with Gasteiger partial charge in [0, 0.05) is 96.0 Å². The molecule has 0 bridgehead atoms. The summed E-state index contributed by atoms with van der Waals surface area (Å²) in [6.07, 6.45) is 3.91. The van der Waals surface area contributed by atoms with Gasteiger partial charge in [-0.3, -0.25) is 14.5 Å². The fraction of sp³-hybridized carbons (Fsp3) is 0.583. The van der Waals surface area contributed by atoms with Crippen molar-refractivity contribution < 1.29 is 23.9 Å². The average molecular weight is 649 g/mol. The van der Waals surface area contributed by atoms with Gasteiger partial charge in [-0.25, -0.2) is 4.79 Å². The van der Waals surface area contributed by atoms with Crippen molar-refractivity contribution >= 4 is 29.8 Å². The number of likely N-dealkylation sites (tertiary alicyclic amines) is 1. The molecule has 3 aliphatic heterocycles. The number of carbonyl (C=O) groups is 3. The van der Waals surface area contributed by atoms with Crippen molar-refractivity contribution in [1.29, 1.82) is 0 Å². The average Bonchev–Trinajstić information content (AvgIpc) is 3.11. The molecule has 3 aliphatic rings. The van der Waals surface area contributed by atoms with Crippen molar-refractivity contribution in [2.24, 2.45) is 0 Å². The summed E-state index contributed by atoms with van der Waals surface area (Å²) in [5, 5.41) is 3.21. The van der Waals surface area contributed by atoms with Gasteiger partial charge in [-0.2, -0.15) is 0 Å². The van der Waals surface area contributed by atoms with Crippen LogP contribution in [-0.2, 0) is 31.9 Å². The third-order valence-corrected chi connectivity index (χ3v) is 10.2. The molecule has 11 heteroatoms. The summed E-state index contributed by atoms with van der Waals surface area (Å²) >= 11 is 0. The molecule has 2 aromatic rings. The minimum Gasteiger partial charge on any atom is -0.436 e. The van der Waals surface area contributed by atoms with Gasteiger partial charge < -0.3 is 35.2 Å². The second-order valence-corrected chi connectivity index (χ2v) is 13.1. The zero-order valence-corrected chi connectivity index (χ0v) is 28.3. The summed E-state index contributed by atoms with van der Waals surface area (Å²) < 4.78 is 11.6. The van der Waals surface area contributed by atoms with Crippen molar-refractivity contribution in [3.8, 4) is 0 Å². The van der Waals surface area contributed by atoms with Crippen LogP contribution in [0, 0.1) is 13.8 Å². The van der Waals surface area contributed by atoms with E-state index in [4.69, 9.17) is 15.2 Å². The standard InChI is InChI=1S/C36H52N6O5/c1-26-22-28(23-27(2)34(26)37)24-33(35(44)40-18-16-39(17-19-40)31-11-20-46-21-12-31)47-36(45)41-14-9-30(10-15-41)42(25-43)13-8-29-6-4-5-7-32(29)38-3/h4-7,22-23,25,30-31,33,38H,8-21,24,37H2,1-3H3/t33-/m1/s1. The van der Waals surface area contributed by atoms with E-state index in [1.165, 1.54) is 0 Å². The predicted octanol–water partition coefficient (Wildman–Crippen LogP) is 3.46. The van der Waals surface area contributed by atoms with Crippen molar-refractivity contribution in [3.05, 3.63) is 58.7 Å². The number of hydrogen-bond donors (Lipinski definition) is 2. The minimum atomic E-state index is -0.934. The van der Waals surface area contributed by atoms with Crippen LogP contribution >= 0.6 is 0 Å². The SMILES string of the molecule is CNc1ccccc1CCN(C=O)C1CCN(C(=O)O[C@H](Cc2cc(C)c(N)c(C)c2)C(=O)N2CCN(C3CCOCC3)CC2)CC1. The van der Waals surface area contributed by atoms with Gasteiger partial charge in [0.15, 0.2) is 6.10 Å². The van der Waals surface area contributed by atoms with Gasteiger partial charge >= 0.3 is 6.09 Å². The molecule has 0 aliphatic carbocycles. The van der Waals surface area contributed by atoms with E-state index in [0.717, 1.165) is 85.6 Å². The van der Waals surface area contributed by atoms with Gasteiger partial charge in [-0.05, 0) is 74.3 Å². The van der Waals surface area contributed by atoms with E-state index >= 15 is 0 Å². The number of aryl methyl sites for hydroxylation is 2. The number of nitrogen functional groups attached to an aromatic ring is 1. The molecule has 3 heterocycles. The molecule has 3 amide bonds. The molecule has 5 rings (SSSR count). The Morgan fingerprint density at radius 3 is 2.30 bits per heavy atom. The molecule has 47 heavy (non-hydrogen) atoms. The second kappa shape index (κ2) is 16.3. The van der Waals surface area contributed by atoms with Gasteiger partial charge in [0.25, 0.3) is 5.91 Å². The molecule has 0 radical (unpaired) electrons. The predicted molar refractivity (Wildman–Crippen MR) is 183 cm³/mol. The summed E-state index contributed by atoms with van der Waals surface area (Å²) in [5.74, 6) is -0.152. The fourth-order valence-corrected chi connectivity index (χ4v) is 7.27. The maximum atomic E-state index is 14.0. The van der Waals surface area contributed by atoms with Crippen LogP contribution in [0.25, 0.3) is 0 Å². The van der Waals surface area contributed by atoms with E-state index in [2.05, 4.69) is 16.3 Å². The third kappa shape index (κ3) is 8.75. The van der Waals surface area contributed by atoms with Crippen LogP contribution in [-0.4, -0.2) is 122 Å². The highest BCUT2D eigenvalue weighted by molar-refractivity contribution is 5.84. The summed E-state index contributed by atoms with van der Waals surface area (Å²) in [6.45, 7) is 9.85. The number of ether oxygens (including phenoxy) is 2. The number of hydrogen-bond acceptors (Lipinski definition) is 8. The molecule has 0 aromatic heterocycles. The molecular formula is C36H52N6O5. The zero-order valence-electron chi connectivity index (χ0n) is 28.3. The lowest BCUT2D eigenvalue weighted by molar-refractivity contribution is -0.143.